The van der Waals surface area contributed by atoms with Crippen molar-refractivity contribution in [3.63, 3.8) is 0 Å². The summed E-state index contributed by atoms with van der Waals surface area (Å²) in [6.45, 7) is 4.38. The number of oxazole rings is 1. The second kappa shape index (κ2) is 8.79. The average Bonchev–Trinajstić information content (AvgIpc) is 3.28. The van der Waals surface area contributed by atoms with E-state index in [-0.39, 0.29) is 6.42 Å². The monoisotopic (exact) mass is 421 g/mol. The summed E-state index contributed by atoms with van der Waals surface area (Å²) in [6, 6.07) is 7.96. The van der Waals surface area contributed by atoms with Crippen molar-refractivity contribution < 1.29 is 19.1 Å². The number of carboxylic acid groups (broad SMARTS) is 1. The molecule has 0 atom stereocenters. The SMILES string of the molecule is Cc1oc(-c2cc(C)n(C)n2)nc1CCOc1cccc2c1CCC=C2CCC(=O)O. The Hall–Kier alpha value is -3.35. The molecule has 2 heterocycles. The zero-order valence-corrected chi connectivity index (χ0v) is 18.1. The van der Waals surface area contributed by atoms with Crippen molar-refractivity contribution in [1.82, 2.24) is 14.8 Å². The number of hydrogen-bond acceptors (Lipinski definition) is 5. The van der Waals surface area contributed by atoms with Gasteiger partial charge in [-0.2, -0.15) is 5.10 Å². The van der Waals surface area contributed by atoms with Crippen LogP contribution in [0.15, 0.2) is 34.8 Å². The van der Waals surface area contributed by atoms with Crippen molar-refractivity contribution >= 4 is 11.5 Å². The van der Waals surface area contributed by atoms with Crippen molar-refractivity contribution in [1.29, 1.82) is 0 Å². The van der Waals surface area contributed by atoms with Crippen LogP contribution in [0.2, 0.25) is 0 Å². The standard InChI is InChI=1S/C24H27N3O4/c1-15-14-21(26-27(15)3)24-25-20(16(2)31-24)12-13-30-22-9-5-7-18-17(10-11-23(28)29)6-4-8-19(18)22/h5-7,9,14H,4,8,10-13H2,1-3H3,(H,28,29). The van der Waals surface area contributed by atoms with E-state index in [2.05, 4.69) is 22.2 Å². The van der Waals surface area contributed by atoms with Gasteiger partial charge in [-0.1, -0.05) is 18.2 Å². The molecule has 162 valence electrons. The number of aliphatic carboxylic acids is 1. The molecule has 7 nitrogen and oxygen atoms in total. The normalized spacial score (nSPS) is 13.1. The number of ether oxygens (including phenoxy) is 1. The van der Waals surface area contributed by atoms with Crippen LogP contribution in [0.4, 0.5) is 0 Å². The van der Waals surface area contributed by atoms with Crippen molar-refractivity contribution in [2.24, 2.45) is 7.05 Å². The molecule has 0 radical (unpaired) electrons. The summed E-state index contributed by atoms with van der Waals surface area (Å²) in [5, 5.41) is 13.4. The van der Waals surface area contributed by atoms with Gasteiger partial charge in [-0.3, -0.25) is 9.48 Å². The lowest BCUT2D eigenvalue weighted by Crippen LogP contribution is -2.08. The van der Waals surface area contributed by atoms with Crippen molar-refractivity contribution in [3.8, 4) is 17.3 Å². The van der Waals surface area contributed by atoms with Crippen LogP contribution in [0.25, 0.3) is 17.2 Å². The predicted molar refractivity (Wildman–Crippen MR) is 117 cm³/mol. The van der Waals surface area contributed by atoms with Crippen LogP contribution in [-0.2, 0) is 24.7 Å². The Morgan fingerprint density at radius 1 is 1.29 bits per heavy atom. The Kier molecular flexibility index (Phi) is 5.93. The number of nitrogens with zero attached hydrogens (tertiary/aromatic N) is 3. The maximum absolute atomic E-state index is 11.0. The molecular formula is C24H27N3O4. The molecule has 0 unspecified atom stereocenters. The van der Waals surface area contributed by atoms with E-state index in [0.29, 0.717) is 25.3 Å². The predicted octanol–water partition coefficient (Wildman–Crippen LogP) is 4.51. The highest BCUT2D eigenvalue weighted by atomic mass is 16.5. The summed E-state index contributed by atoms with van der Waals surface area (Å²) < 4.78 is 13.8. The Labute approximate surface area is 181 Å². The molecule has 4 rings (SSSR count). The topological polar surface area (TPSA) is 90.4 Å². The summed E-state index contributed by atoms with van der Waals surface area (Å²) >= 11 is 0. The highest BCUT2D eigenvalue weighted by Gasteiger charge is 2.18. The van der Waals surface area contributed by atoms with Gasteiger partial charge >= 0.3 is 5.97 Å². The van der Waals surface area contributed by atoms with Gasteiger partial charge in [-0.05, 0) is 56.4 Å². The van der Waals surface area contributed by atoms with Crippen molar-refractivity contribution in [2.75, 3.05) is 6.61 Å². The number of carbonyl (C=O) groups is 1. The molecule has 2 aromatic heterocycles. The zero-order chi connectivity index (χ0) is 22.0. The van der Waals surface area contributed by atoms with Crippen LogP contribution in [0.5, 0.6) is 5.75 Å². The van der Waals surface area contributed by atoms with E-state index in [4.69, 9.17) is 14.3 Å². The fraction of sp³-hybridized carbons (Fsp3) is 0.375. The lowest BCUT2D eigenvalue weighted by Gasteiger charge is -2.20. The van der Waals surface area contributed by atoms with E-state index < -0.39 is 5.97 Å². The third kappa shape index (κ3) is 4.55. The lowest BCUT2D eigenvalue weighted by atomic mass is 9.88. The number of aromatic nitrogens is 3. The fourth-order valence-electron chi connectivity index (χ4n) is 3.93. The van der Waals surface area contributed by atoms with Crippen LogP contribution in [0.3, 0.4) is 0 Å². The fourth-order valence-corrected chi connectivity index (χ4v) is 3.93. The Morgan fingerprint density at radius 2 is 2.13 bits per heavy atom. The minimum atomic E-state index is -0.774. The Balaban J connectivity index is 1.43. The molecule has 1 aliphatic carbocycles. The number of benzene rings is 1. The van der Waals surface area contributed by atoms with Gasteiger partial charge in [0.15, 0.2) is 0 Å². The molecule has 0 fully saturated rings. The third-order valence-electron chi connectivity index (χ3n) is 5.69. The van der Waals surface area contributed by atoms with Crippen LogP contribution in [0.1, 0.15) is 47.5 Å². The molecule has 0 aliphatic heterocycles. The minimum Gasteiger partial charge on any atom is -0.493 e. The molecule has 31 heavy (non-hydrogen) atoms. The second-order valence-electron chi connectivity index (χ2n) is 7.86. The molecule has 1 aliphatic rings. The van der Waals surface area contributed by atoms with Crippen LogP contribution in [0, 0.1) is 13.8 Å². The quantitative estimate of drug-likeness (QED) is 0.576. The summed E-state index contributed by atoms with van der Waals surface area (Å²) in [5.41, 5.74) is 6.00. The molecule has 0 saturated heterocycles. The van der Waals surface area contributed by atoms with Gasteiger partial charge in [0.2, 0.25) is 5.89 Å². The number of carboxylic acids is 1. The van der Waals surface area contributed by atoms with Crippen LogP contribution >= 0.6 is 0 Å². The third-order valence-corrected chi connectivity index (χ3v) is 5.69. The first-order valence-electron chi connectivity index (χ1n) is 10.6. The van der Waals surface area contributed by atoms with Gasteiger partial charge in [0, 0.05) is 31.1 Å². The summed E-state index contributed by atoms with van der Waals surface area (Å²) in [4.78, 5) is 15.6. The van der Waals surface area contributed by atoms with Crippen LogP contribution < -0.4 is 4.74 Å². The highest BCUT2D eigenvalue weighted by Crippen LogP contribution is 2.35. The van der Waals surface area contributed by atoms with Gasteiger partial charge < -0.3 is 14.3 Å². The zero-order valence-electron chi connectivity index (χ0n) is 18.1. The van der Waals surface area contributed by atoms with Gasteiger partial charge in [0.25, 0.3) is 0 Å². The van der Waals surface area contributed by atoms with Crippen molar-refractivity contribution in [3.05, 3.63) is 58.6 Å². The second-order valence-corrected chi connectivity index (χ2v) is 7.86. The Morgan fingerprint density at radius 3 is 2.87 bits per heavy atom. The lowest BCUT2D eigenvalue weighted by molar-refractivity contribution is -0.136. The van der Waals surface area contributed by atoms with E-state index in [1.165, 1.54) is 0 Å². The smallest absolute Gasteiger partial charge is 0.303 e. The first kappa shape index (κ1) is 20.9. The van der Waals surface area contributed by atoms with Crippen LogP contribution in [-0.4, -0.2) is 32.4 Å². The average molecular weight is 421 g/mol. The summed E-state index contributed by atoms with van der Waals surface area (Å²) in [5.74, 6) is 1.39. The number of hydrogen-bond donors (Lipinski definition) is 1. The molecule has 0 saturated carbocycles. The maximum atomic E-state index is 11.0. The van der Waals surface area contributed by atoms with Gasteiger partial charge in [-0.25, -0.2) is 4.98 Å². The molecular weight excluding hydrogens is 394 g/mol. The molecule has 0 bridgehead atoms. The molecule has 3 aromatic rings. The molecule has 0 spiro atoms. The van der Waals surface area contributed by atoms with Gasteiger partial charge in [0.1, 0.15) is 17.2 Å². The van der Waals surface area contributed by atoms with E-state index in [0.717, 1.165) is 58.1 Å². The van der Waals surface area contributed by atoms with E-state index >= 15 is 0 Å². The van der Waals surface area contributed by atoms with Gasteiger partial charge in [-0.15, -0.1) is 0 Å². The number of rotatable bonds is 8. The van der Waals surface area contributed by atoms with Crippen molar-refractivity contribution in [2.45, 2.75) is 46.0 Å². The summed E-state index contributed by atoms with van der Waals surface area (Å²) in [7, 11) is 1.90. The molecule has 0 amide bonds. The number of aryl methyl sites for hydroxylation is 3. The van der Waals surface area contributed by atoms with Gasteiger partial charge in [0.05, 0.1) is 12.3 Å². The molecule has 1 N–H and O–H groups in total. The highest BCUT2D eigenvalue weighted by molar-refractivity contribution is 5.76. The first-order valence-corrected chi connectivity index (χ1v) is 10.6. The Bertz CT molecular complexity index is 1120. The maximum Gasteiger partial charge on any atom is 0.303 e. The summed E-state index contributed by atoms with van der Waals surface area (Å²) in [6.07, 6.45) is 5.26. The number of fused-ring (bicyclic) bond motifs is 1. The van der Waals surface area contributed by atoms with E-state index in [9.17, 15) is 4.79 Å². The first-order chi connectivity index (χ1) is 14.9. The molecule has 1 aromatic carbocycles. The largest absolute Gasteiger partial charge is 0.493 e. The van der Waals surface area contributed by atoms with E-state index in [1.807, 2.05) is 39.1 Å². The molecule has 7 heteroatoms. The van der Waals surface area contributed by atoms with E-state index in [1.54, 1.807) is 4.68 Å². The minimum absolute atomic E-state index is 0.139. The number of allylic oxidation sites excluding steroid dienone is 2.